The standard InChI is InChI=1S/C10H15N3/c1-2-10(11)13-8-6-9-5-3-4-7-12-9/h3-5,7H,2,6,8H2,1H3,(H2,11,13). The highest BCUT2D eigenvalue weighted by Crippen LogP contribution is 1.94. The summed E-state index contributed by atoms with van der Waals surface area (Å²) in [6.07, 6.45) is 3.48. The topological polar surface area (TPSA) is 51.3 Å². The lowest BCUT2D eigenvalue weighted by atomic mass is 10.3. The van der Waals surface area contributed by atoms with Gasteiger partial charge >= 0.3 is 0 Å². The van der Waals surface area contributed by atoms with Crippen LogP contribution in [0.25, 0.3) is 0 Å². The zero-order valence-electron chi connectivity index (χ0n) is 7.90. The van der Waals surface area contributed by atoms with Crippen LogP contribution < -0.4 is 5.73 Å². The van der Waals surface area contributed by atoms with Crippen LogP contribution >= 0.6 is 0 Å². The molecule has 1 rings (SSSR count). The van der Waals surface area contributed by atoms with Gasteiger partial charge in [-0.3, -0.25) is 9.98 Å². The molecule has 0 spiro atoms. The van der Waals surface area contributed by atoms with Gasteiger partial charge in [-0.25, -0.2) is 0 Å². The molecule has 1 heterocycles. The van der Waals surface area contributed by atoms with E-state index in [2.05, 4.69) is 9.98 Å². The highest BCUT2D eigenvalue weighted by atomic mass is 14.8. The molecule has 1 aromatic rings. The van der Waals surface area contributed by atoms with Crippen LogP contribution in [0.2, 0.25) is 0 Å². The van der Waals surface area contributed by atoms with Gasteiger partial charge in [0.15, 0.2) is 0 Å². The van der Waals surface area contributed by atoms with Gasteiger partial charge in [-0.05, 0) is 12.1 Å². The summed E-state index contributed by atoms with van der Waals surface area (Å²) in [5.74, 6) is 0.718. The molecule has 0 unspecified atom stereocenters. The molecular formula is C10H15N3. The van der Waals surface area contributed by atoms with Gasteiger partial charge in [0, 0.05) is 31.3 Å². The van der Waals surface area contributed by atoms with Crippen LogP contribution in [0.3, 0.4) is 0 Å². The Morgan fingerprint density at radius 1 is 1.54 bits per heavy atom. The Morgan fingerprint density at radius 3 is 3.00 bits per heavy atom. The van der Waals surface area contributed by atoms with Gasteiger partial charge < -0.3 is 5.73 Å². The maximum atomic E-state index is 5.57. The lowest BCUT2D eigenvalue weighted by Crippen LogP contribution is -2.10. The lowest BCUT2D eigenvalue weighted by molar-refractivity contribution is 0.915. The van der Waals surface area contributed by atoms with Crippen molar-refractivity contribution in [2.24, 2.45) is 10.7 Å². The first-order valence-electron chi connectivity index (χ1n) is 4.51. The number of hydrogen-bond donors (Lipinski definition) is 1. The minimum absolute atomic E-state index is 0.718. The molecule has 3 heteroatoms. The van der Waals surface area contributed by atoms with Crippen molar-refractivity contribution in [2.45, 2.75) is 19.8 Å². The van der Waals surface area contributed by atoms with E-state index in [0.717, 1.165) is 30.9 Å². The molecular weight excluding hydrogens is 162 g/mol. The van der Waals surface area contributed by atoms with Crippen LogP contribution in [0, 0.1) is 0 Å². The predicted molar refractivity (Wildman–Crippen MR) is 54.7 cm³/mol. The number of amidine groups is 1. The van der Waals surface area contributed by atoms with Crippen molar-refractivity contribution in [3.05, 3.63) is 30.1 Å². The van der Waals surface area contributed by atoms with Crippen LogP contribution in [0.1, 0.15) is 19.0 Å². The highest BCUT2D eigenvalue weighted by Gasteiger charge is 1.91. The van der Waals surface area contributed by atoms with Crippen LogP contribution in [-0.2, 0) is 6.42 Å². The second-order valence-electron chi connectivity index (χ2n) is 2.80. The van der Waals surface area contributed by atoms with Crippen LogP contribution in [0.15, 0.2) is 29.4 Å². The summed E-state index contributed by atoms with van der Waals surface area (Å²) >= 11 is 0. The molecule has 2 N–H and O–H groups in total. The average Bonchev–Trinajstić information content (AvgIpc) is 2.19. The summed E-state index contributed by atoms with van der Waals surface area (Å²) in [4.78, 5) is 8.38. The van der Waals surface area contributed by atoms with E-state index in [9.17, 15) is 0 Å². The maximum absolute atomic E-state index is 5.57. The first-order valence-corrected chi connectivity index (χ1v) is 4.51. The molecule has 0 radical (unpaired) electrons. The third-order valence-corrected chi connectivity index (χ3v) is 1.77. The zero-order chi connectivity index (χ0) is 9.52. The second-order valence-corrected chi connectivity index (χ2v) is 2.80. The minimum atomic E-state index is 0.718. The number of aliphatic imine (C=N–C) groups is 1. The summed E-state index contributed by atoms with van der Waals surface area (Å²) in [6.45, 7) is 2.73. The van der Waals surface area contributed by atoms with Gasteiger partial charge in [0.25, 0.3) is 0 Å². The molecule has 0 aliphatic carbocycles. The lowest BCUT2D eigenvalue weighted by Gasteiger charge is -1.97. The molecule has 0 bridgehead atoms. The van der Waals surface area contributed by atoms with E-state index >= 15 is 0 Å². The van der Waals surface area contributed by atoms with Gasteiger partial charge in [-0.2, -0.15) is 0 Å². The van der Waals surface area contributed by atoms with E-state index < -0.39 is 0 Å². The number of pyridine rings is 1. The molecule has 0 saturated carbocycles. The van der Waals surface area contributed by atoms with Gasteiger partial charge in [0.1, 0.15) is 0 Å². The number of rotatable bonds is 4. The minimum Gasteiger partial charge on any atom is -0.387 e. The monoisotopic (exact) mass is 177 g/mol. The highest BCUT2D eigenvalue weighted by molar-refractivity contribution is 5.79. The summed E-state index contributed by atoms with van der Waals surface area (Å²) in [7, 11) is 0. The van der Waals surface area contributed by atoms with Crippen molar-refractivity contribution in [1.82, 2.24) is 4.98 Å². The van der Waals surface area contributed by atoms with Crippen molar-refractivity contribution in [2.75, 3.05) is 6.54 Å². The summed E-state index contributed by atoms with van der Waals surface area (Å²) in [6, 6.07) is 5.89. The van der Waals surface area contributed by atoms with Crippen LogP contribution in [0.5, 0.6) is 0 Å². The molecule has 3 nitrogen and oxygen atoms in total. The Bertz CT molecular complexity index is 267. The van der Waals surface area contributed by atoms with Crippen molar-refractivity contribution < 1.29 is 0 Å². The molecule has 0 atom stereocenters. The van der Waals surface area contributed by atoms with Crippen molar-refractivity contribution >= 4 is 5.84 Å². The smallest absolute Gasteiger partial charge is 0.0934 e. The Morgan fingerprint density at radius 2 is 2.38 bits per heavy atom. The van der Waals surface area contributed by atoms with Gasteiger partial charge in [-0.1, -0.05) is 13.0 Å². The van der Waals surface area contributed by atoms with E-state index in [1.54, 1.807) is 6.20 Å². The first kappa shape index (κ1) is 9.71. The number of aromatic nitrogens is 1. The average molecular weight is 177 g/mol. The summed E-state index contributed by atoms with van der Waals surface area (Å²) in [5.41, 5.74) is 6.63. The molecule has 0 aromatic carbocycles. The third-order valence-electron chi connectivity index (χ3n) is 1.77. The molecule has 0 aliphatic rings. The van der Waals surface area contributed by atoms with Gasteiger partial charge in [0.05, 0.1) is 5.84 Å². The summed E-state index contributed by atoms with van der Waals surface area (Å²) < 4.78 is 0. The van der Waals surface area contributed by atoms with Crippen molar-refractivity contribution in [3.63, 3.8) is 0 Å². The van der Waals surface area contributed by atoms with Gasteiger partial charge in [0.2, 0.25) is 0 Å². The third kappa shape index (κ3) is 3.69. The molecule has 0 amide bonds. The molecule has 0 fully saturated rings. The second kappa shape index (κ2) is 5.30. The number of hydrogen-bond acceptors (Lipinski definition) is 2. The van der Waals surface area contributed by atoms with Crippen LogP contribution in [0.4, 0.5) is 0 Å². The fourth-order valence-corrected chi connectivity index (χ4v) is 0.972. The fourth-order valence-electron chi connectivity index (χ4n) is 0.972. The Kier molecular flexibility index (Phi) is 3.96. The van der Waals surface area contributed by atoms with E-state index in [-0.39, 0.29) is 0 Å². The number of nitrogens with two attached hydrogens (primary N) is 1. The van der Waals surface area contributed by atoms with Crippen molar-refractivity contribution in [1.29, 1.82) is 0 Å². The van der Waals surface area contributed by atoms with E-state index in [1.807, 2.05) is 25.1 Å². The Hall–Kier alpha value is -1.38. The SMILES string of the molecule is CCC(N)=NCCc1ccccn1. The van der Waals surface area contributed by atoms with E-state index in [0.29, 0.717) is 0 Å². The van der Waals surface area contributed by atoms with Crippen LogP contribution in [-0.4, -0.2) is 17.4 Å². The number of nitrogens with zero attached hydrogens (tertiary/aromatic N) is 2. The molecule has 1 aromatic heterocycles. The van der Waals surface area contributed by atoms with E-state index in [4.69, 9.17) is 5.73 Å². The summed E-state index contributed by atoms with van der Waals surface area (Å²) in [5, 5.41) is 0. The fraction of sp³-hybridized carbons (Fsp3) is 0.400. The van der Waals surface area contributed by atoms with E-state index in [1.165, 1.54) is 0 Å². The first-order chi connectivity index (χ1) is 6.33. The normalized spacial score (nSPS) is 11.6. The van der Waals surface area contributed by atoms with Gasteiger partial charge in [-0.15, -0.1) is 0 Å². The molecule has 13 heavy (non-hydrogen) atoms. The Labute approximate surface area is 78.7 Å². The maximum Gasteiger partial charge on any atom is 0.0934 e. The largest absolute Gasteiger partial charge is 0.387 e. The zero-order valence-corrected chi connectivity index (χ0v) is 7.90. The predicted octanol–water partition coefficient (Wildman–Crippen LogP) is 1.39. The molecule has 0 aliphatic heterocycles. The van der Waals surface area contributed by atoms with Crippen molar-refractivity contribution in [3.8, 4) is 0 Å². The quantitative estimate of drug-likeness (QED) is 0.558. The Balaban J connectivity index is 2.36. The molecule has 70 valence electrons. The molecule has 0 saturated heterocycles.